The van der Waals surface area contributed by atoms with Crippen LogP contribution >= 0.6 is 0 Å². The lowest BCUT2D eigenvalue weighted by molar-refractivity contribution is 0.406. The van der Waals surface area contributed by atoms with E-state index in [4.69, 9.17) is 4.74 Å². The fraction of sp³-hybridized carbons (Fsp3) is 0.0909. The maximum absolute atomic E-state index is 10.1. The van der Waals surface area contributed by atoms with Crippen LogP contribution in [0.1, 0.15) is 18.1 Å². The van der Waals surface area contributed by atoms with E-state index in [-0.39, 0.29) is 11.5 Å². The van der Waals surface area contributed by atoms with E-state index in [2.05, 4.69) is 9.98 Å². The highest BCUT2D eigenvalue weighted by Gasteiger charge is 2.08. The van der Waals surface area contributed by atoms with Gasteiger partial charge in [-0.1, -0.05) is 30.3 Å². The molecule has 5 heteroatoms. The van der Waals surface area contributed by atoms with Crippen LogP contribution in [0.3, 0.4) is 0 Å². The van der Waals surface area contributed by atoms with Gasteiger partial charge in [-0.2, -0.15) is 0 Å². The fourth-order valence-electron chi connectivity index (χ4n) is 2.66. The summed E-state index contributed by atoms with van der Waals surface area (Å²) in [7, 11) is 1.54. The van der Waals surface area contributed by atoms with E-state index >= 15 is 0 Å². The molecule has 27 heavy (non-hydrogen) atoms. The van der Waals surface area contributed by atoms with Gasteiger partial charge < -0.3 is 14.9 Å². The lowest BCUT2D eigenvalue weighted by Crippen LogP contribution is -1.94. The van der Waals surface area contributed by atoms with Crippen LogP contribution in [0.15, 0.2) is 76.7 Å². The lowest BCUT2D eigenvalue weighted by Gasteiger charge is -2.07. The molecule has 0 heterocycles. The third-order valence-electron chi connectivity index (χ3n) is 4.06. The van der Waals surface area contributed by atoms with Crippen LogP contribution in [0.5, 0.6) is 17.2 Å². The second kappa shape index (κ2) is 8.19. The van der Waals surface area contributed by atoms with Gasteiger partial charge in [0.15, 0.2) is 0 Å². The maximum atomic E-state index is 10.1. The van der Waals surface area contributed by atoms with Crippen molar-refractivity contribution in [2.24, 2.45) is 9.98 Å². The summed E-state index contributed by atoms with van der Waals surface area (Å²) in [4.78, 5) is 9.10. The minimum absolute atomic E-state index is 0.0875. The number of hydrogen-bond acceptors (Lipinski definition) is 5. The second-order valence-corrected chi connectivity index (χ2v) is 5.85. The first-order valence-corrected chi connectivity index (χ1v) is 8.43. The van der Waals surface area contributed by atoms with Crippen LogP contribution in [0.4, 0.5) is 11.4 Å². The zero-order valence-electron chi connectivity index (χ0n) is 15.1. The number of ether oxygens (including phenoxy) is 1. The van der Waals surface area contributed by atoms with E-state index in [1.807, 2.05) is 43.3 Å². The summed E-state index contributed by atoms with van der Waals surface area (Å²) in [5.41, 5.74) is 3.13. The predicted octanol–water partition coefficient (Wildman–Crippen LogP) is 5.00. The zero-order chi connectivity index (χ0) is 19.2. The molecule has 0 unspecified atom stereocenters. The van der Waals surface area contributed by atoms with E-state index in [9.17, 15) is 10.2 Å². The molecular weight excluding hydrogens is 340 g/mol. The Morgan fingerprint density at radius 2 is 1.52 bits per heavy atom. The lowest BCUT2D eigenvalue weighted by atomic mass is 10.1. The predicted molar refractivity (Wildman–Crippen MR) is 108 cm³/mol. The molecule has 0 aliphatic heterocycles. The number of nitrogens with zero attached hydrogens (tertiary/aromatic N) is 2. The molecule has 3 rings (SSSR count). The van der Waals surface area contributed by atoms with E-state index < -0.39 is 0 Å². The molecule has 3 aromatic rings. The largest absolute Gasteiger partial charge is 0.507 e. The summed E-state index contributed by atoms with van der Waals surface area (Å²) in [6, 6.07) is 19.5. The highest BCUT2D eigenvalue weighted by molar-refractivity contribution is 6.03. The van der Waals surface area contributed by atoms with Gasteiger partial charge in [0.25, 0.3) is 0 Å². The molecule has 0 aromatic heterocycles. The summed E-state index contributed by atoms with van der Waals surface area (Å²) in [6.07, 6.45) is 1.55. The summed E-state index contributed by atoms with van der Waals surface area (Å²) in [6.45, 7) is 1.83. The van der Waals surface area contributed by atoms with Crippen LogP contribution in [0, 0.1) is 0 Å². The number of rotatable bonds is 5. The van der Waals surface area contributed by atoms with Crippen molar-refractivity contribution in [1.29, 1.82) is 0 Å². The van der Waals surface area contributed by atoms with Crippen molar-refractivity contribution in [3.63, 3.8) is 0 Å². The molecular formula is C22H20N2O3. The molecule has 3 aromatic carbocycles. The van der Waals surface area contributed by atoms with Crippen molar-refractivity contribution in [1.82, 2.24) is 0 Å². The van der Waals surface area contributed by atoms with Gasteiger partial charge in [-0.05, 0) is 43.3 Å². The summed E-state index contributed by atoms with van der Waals surface area (Å²) in [5.74, 6) is 0.799. The Bertz CT molecular complexity index is 1010. The molecule has 0 aliphatic carbocycles. The van der Waals surface area contributed by atoms with Crippen LogP contribution in [0.2, 0.25) is 0 Å². The molecule has 0 bridgehead atoms. The molecule has 0 atom stereocenters. The Kier molecular flexibility index (Phi) is 5.52. The van der Waals surface area contributed by atoms with Gasteiger partial charge in [-0.3, -0.25) is 9.98 Å². The monoisotopic (exact) mass is 360 g/mol. The van der Waals surface area contributed by atoms with Gasteiger partial charge in [0.05, 0.1) is 24.0 Å². The van der Waals surface area contributed by atoms with Gasteiger partial charge in [0.2, 0.25) is 0 Å². The molecule has 5 nitrogen and oxygen atoms in total. The SMILES string of the molecule is COc1cccc(O)c1C=Nc1ccccc1N=C(C)c1ccccc1O. The quantitative estimate of drug-likeness (QED) is 0.629. The number of benzene rings is 3. The molecule has 0 amide bonds. The molecule has 0 aliphatic rings. The molecule has 0 fully saturated rings. The van der Waals surface area contributed by atoms with E-state index in [0.717, 1.165) is 0 Å². The Hall–Kier alpha value is -3.60. The van der Waals surface area contributed by atoms with Gasteiger partial charge in [0.1, 0.15) is 17.2 Å². The van der Waals surface area contributed by atoms with Crippen molar-refractivity contribution in [3.05, 3.63) is 77.9 Å². The normalized spacial score (nSPS) is 11.7. The highest BCUT2D eigenvalue weighted by Crippen LogP contribution is 2.31. The highest BCUT2D eigenvalue weighted by atomic mass is 16.5. The standard InChI is InChI=1S/C22H20N2O3/c1-15(16-8-3-6-11-20(16)25)24-19-10-5-4-9-18(19)23-14-17-21(26)12-7-13-22(17)27-2/h3-14,25-26H,1-2H3. The van der Waals surface area contributed by atoms with E-state index in [1.54, 1.807) is 43.7 Å². The average molecular weight is 360 g/mol. The number of methoxy groups -OCH3 is 1. The number of para-hydroxylation sites is 3. The third kappa shape index (κ3) is 4.15. The van der Waals surface area contributed by atoms with Gasteiger partial charge >= 0.3 is 0 Å². The zero-order valence-corrected chi connectivity index (χ0v) is 15.1. The summed E-state index contributed by atoms with van der Waals surface area (Å²) < 4.78 is 5.27. The Morgan fingerprint density at radius 1 is 0.852 bits per heavy atom. The Morgan fingerprint density at radius 3 is 2.26 bits per heavy atom. The number of aliphatic imine (C=N–C) groups is 2. The smallest absolute Gasteiger partial charge is 0.131 e. The van der Waals surface area contributed by atoms with Crippen LogP contribution < -0.4 is 4.74 Å². The van der Waals surface area contributed by atoms with Gasteiger partial charge in [0, 0.05) is 17.5 Å². The summed E-state index contributed by atoms with van der Waals surface area (Å²) in [5, 5.41) is 20.1. The molecule has 136 valence electrons. The fourth-order valence-corrected chi connectivity index (χ4v) is 2.66. The first-order chi connectivity index (χ1) is 13.1. The van der Waals surface area contributed by atoms with Crippen LogP contribution in [-0.4, -0.2) is 29.2 Å². The number of hydrogen-bond donors (Lipinski definition) is 2. The van der Waals surface area contributed by atoms with Crippen molar-refractivity contribution >= 4 is 23.3 Å². The van der Waals surface area contributed by atoms with Crippen LogP contribution in [0.25, 0.3) is 0 Å². The average Bonchev–Trinajstić information content (AvgIpc) is 2.68. The van der Waals surface area contributed by atoms with Crippen molar-refractivity contribution < 1.29 is 14.9 Å². The maximum Gasteiger partial charge on any atom is 0.131 e. The molecule has 0 spiro atoms. The Balaban J connectivity index is 1.98. The minimum atomic E-state index is 0.0875. The van der Waals surface area contributed by atoms with Crippen molar-refractivity contribution in [2.75, 3.05) is 7.11 Å². The number of aromatic hydroxyl groups is 2. The topological polar surface area (TPSA) is 74.4 Å². The molecule has 0 radical (unpaired) electrons. The summed E-state index contributed by atoms with van der Waals surface area (Å²) >= 11 is 0. The molecule has 0 saturated carbocycles. The number of phenols is 2. The van der Waals surface area contributed by atoms with Crippen LogP contribution in [-0.2, 0) is 0 Å². The van der Waals surface area contributed by atoms with E-state index in [0.29, 0.717) is 34.0 Å². The van der Waals surface area contributed by atoms with Gasteiger partial charge in [-0.15, -0.1) is 0 Å². The van der Waals surface area contributed by atoms with Gasteiger partial charge in [-0.25, -0.2) is 0 Å². The third-order valence-corrected chi connectivity index (χ3v) is 4.06. The molecule has 2 N–H and O–H groups in total. The first kappa shape index (κ1) is 18.2. The molecule has 0 saturated heterocycles. The Labute approximate surface area is 157 Å². The number of phenolic OH excluding ortho intramolecular Hbond substituents is 2. The van der Waals surface area contributed by atoms with E-state index in [1.165, 1.54) is 0 Å². The van der Waals surface area contributed by atoms with Crippen molar-refractivity contribution in [2.45, 2.75) is 6.92 Å². The van der Waals surface area contributed by atoms with Crippen molar-refractivity contribution in [3.8, 4) is 17.2 Å². The second-order valence-electron chi connectivity index (χ2n) is 5.85. The first-order valence-electron chi connectivity index (χ1n) is 8.43. The minimum Gasteiger partial charge on any atom is -0.507 e.